The molecule has 1 unspecified atom stereocenters. The minimum atomic E-state index is -0.898. The smallest absolute Gasteiger partial charge is 0.317 e. The number of aldehydes is 1. The largest absolute Gasteiger partial charge is 0.468 e. The Hall–Kier alpha value is -3.47. The summed E-state index contributed by atoms with van der Waals surface area (Å²) in [5, 5.41) is 11.8. The number of rotatable bonds is 9. The molecule has 4 aromatic rings. The summed E-state index contributed by atoms with van der Waals surface area (Å²) in [5.74, 6) is -1.27. The molecular weight excluding hydrogens is 568 g/mol. The van der Waals surface area contributed by atoms with Gasteiger partial charge in [-0.15, -0.1) is 0 Å². The molecule has 220 valence electrons. The third-order valence-corrected chi connectivity index (χ3v) is 8.61. The minimum absolute atomic E-state index is 0.0370. The molecule has 6 rings (SSSR count). The van der Waals surface area contributed by atoms with E-state index in [-0.39, 0.29) is 52.5 Å². The molecule has 2 atom stereocenters. The van der Waals surface area contributed by atoms with Crippen LogP contribution in [0.1, 0.15) is 57.1 Å². The molecule has 8 nitrogen and oxygen atoms in total. The van der Waals surface area contributed by atoms with Crippen molar-refractivity contribution in [1.82, 2.24) is 15.0 Å². The summed E-state index contributed by atoms with van der Waals surface area (Å²) < 4.78 is 47.8. The standard InChI is InChI=1S/C31H30ClF2N3O5/c1-30(39)7-3-4-18(12-30)26-21-13-35-27(25(34)28(21)37-29(36-26)41-15-31(14-38)8-9-31)20-11-19(42-16-40-2)10-17-5-6-22(33)24(32)23(17)20/h5-6,10-11,13-14,18,39H,3-4,7-9,12,15-16H2,1-2H3/t18?,30-/m1/s1. The van der Waals surface area contributed by atoms with Crippen LogP contribution < -0.4 is 9.47 Å². The highest BCUT2D eigenvalue weighted by Crippen LogP contribution is 2.45. The van der Waals surface area contributed by atoms with Gasteiger partial charge in [0.25, 0.3) is 0 Å². The SMILES string of the molecule is COCOc1cc(-c2ncc3c(C4CCC[C@@](C)(O)C4)nc(OCC4(C=O)CC4)nc3c2F)c2c(Cl)c(F)ccc2c1. The highest BCUT2D eigenvalue weighted by atomic mass is 35.5. The third kappa shape index (κ3) is 5.39. The maximum absolute atomic E-state index is 16.6. The van der Waals surface area contributed by atoms with Gasteiger partial charge < -0.3 is 24.1 Å². The van der Waals surface area contributed by atoms with Crippen molar-refractivity contribution in [3.63, 3.8) is 0 Å². The Bertz CT molecular complexity index is 1700. The lowest BCUT2D eigenvalue weighted by Gasteiger charge is -2.34. The molecule has 2 aromatic carbocycles. The molecule has 2 fully saturated rings. The van der Waals surface area contributed by atoms with Gasteiger partial charge in [-0.05, 0) is 69.0 Å². The maximum Gasteiger partial charge on any atom is 0.317 e. The number of methoxy groups -OCH3 is 1. The summed E-state index contributed by atoms with van der Waals surface area (Å²) >= 11 is 6.40. The van der Waals surface area contributed by atoms with Crippen LogP contribution in [-0.4, -0.2) is 52.5 Å². The molecule has 2 heterocycles. The quantitative estimate of drug-likeness (QED) is 0.172. The number of ether oxygens (including phenoxy) is 3. The molecule has 0 amide bonds. The lowest BCUT2D eigenvalue weighted by Crippen LogP contribution is -2.31. The fourth-order valence-corrected chi connectivity index (χ4v) is 6.02. The first-order chi connectivity index (χ1) is 20.1. The Balaban J connectivity index is 1.54. The van der Waals surface area contributed by atoms with Crippen LogP contribution in [0.5, 0.6) is 11.8 Å². The van der Waals surface area contributed by atoms with E-state index in [0.29, 0.717) is 47.9 Å². The zero-order valence-electron chi connectivity index (χ0n) is 23.3. The molecule has 1 N–H and O–H groups in total. The van der Waals surface area contributed by atoms with Crippen molar-refractivity contribution < 1.29 is 32.9 Å². The van der Waals surface area contributed by atoms with Gasteiger partial charge >= 0.3 is 6.01 Å². The Morgan fingerprint density at radius 2 is 1.98 bits per heavy atom. The molecule has 0 bridgehead atoms. The van der Waals surface area contributed by atoms with Gasteiger partial charge in [0.05, 0.1) is 21.7 Å². The number of hydrogen-bond acceptors (Lipinski definition) is 8. The number of carbonyl (C=O) groups excluding carboxylic acids is 1. The average molecular weight is 598 g/mol. The van der Waals surface area contributed by atoms with Crippen molar-refractivity contribution in [2.75, 3.05) is 20.5 Å². The van der Waals surface area contributed by atoms with Crippen LogP contribution in [0, 0.1) is 17.0 Å². The number of carbonyl (C=O) groups is 1. The highest BCUT2D eigenvalue weighted by Gasteiger charge is 2.44. The van der Waals surface area contributed by atoms with E-state index >= 15 is 4.39 Å². The number of nitrogens with zero attached hydrogens (tertiary/aromatic N) is 3. The van der Waals surface area contributed by atoms with Crippen LogP contribution in [-0.2, 0) is 9.53 Å². The number of hydrogen-bond donors (Lipinski definition) is 1. The lowest BCUT2D eigenvalue weighted by molar-refractivity contribution is -0.113. The molecule has 0 aliphatic heterocycles. The van der Waals surface area contributed by atoms with Crippen molar-refractivity contribution in [2.24, 2.45) is 5.41 Å². The summed E-state index contributed by atoms with van der Waals surface area (Å²) in [6.07, 6.45) is 6.37. The minimum Gasteiger partial charge on any atom is -0.468 e. The Kier molecular flexibility index (Phi) is 7.49. The summed E-state index contributed by atoms with van der Waals surface area (Å²) in [6.45, 7) is 1.81. The zero-order chi connectivity index (χ0) is 29.6. The predicted octanol–water partition coefficient (Wildman–Crippen LogP) is 6.53. The number of aromatic nitrogens is 3. The predicted molar refractivity (Wildman–Crippen MR) is 153 cm³/mol. The second kappa shape index (κ2) is 11.0. The lowest BCUT2D eigenvalue weighted by atomic mass is 9.77. The zero-order valence-corrected chi connectivity index (χ0v) is 24.0. The van der Waals surface area contributed by atoms with E-state index in [1.807, 2.05) is 0 Å². The molecule has 0 spiro atoms. The van der Waals surface area contributed by atoms with Gasteiger partial charge in [0.2, 0.25) is 0 Å². The Labute approximate surface area is 246 Å². The van der Waals surface area contributed by atoms with Gasteiger partial charge in [0, 0.05) is 35.6 Å². The third-order valence-electron chi connectivity index (χ3n) is 8.24. The van der Waals surface area contributed by atoms with Crippen molar-refractivity contribution in [1.29, 1.82) is 0 Å². The monoisotopic (exact) mass is 597 g/mol. The Morgan fingerprint density at radius 1 is 1.17 bits per heavy atom. The first-order valence-electron chi connectivity index (χ1n) is 13.9. The fraction of sp³-hybridized carbons (Fsp3) is 0.419. The van der Waals surface area contributed by atoms with Crippen molar-refractivity contribution in [3.05, 3.63) is 52.8 Å². The van der Waals surface area contributed by atoms with Gasteiger partial charge in [-0.25, -0.2) is 8.78 Å². The fourth-order valence-electron chi connectivity index (χ4n) is 5.75. The second-order valence-electron chi connectivity index (χ2n) is 11.6. The second-order valence-corrected chi connectivity index (χ2v) is 12.0. The summed E-state index contributed by atoms with van der Waals surface area (Å²) in [6, 6.07) is 5.89. The molecule has 2 aromatic heterocycles. The van der Waals surface area contributed by atoms with E-state index in [2.05, 4.69) is 15.0 Å². The van der Waals surface area contributed by atoms with Gasteiger partial charge in [0.1, 0.15) is 35.7 Å². The molecule has 2 saturated carbocycles. The van der Waals surface area contributed by atoms with Crippen LogP contribution in [0.25, 0.3) is 32.9 Å². The van der Waals surface area contributed by atoms with Crippen molar-refractivity contribution >= 4 is 39.6 Å². The van der Waals surface area contributed by atoms with Gasteiger partial charge in [-0.2, -0.15) is 9.97 Å². The van der Waals surface area contributed by atoms with E-state index in [1.54, 1.807) is 13.0 Å². The van der Waals surface area contributed by atoms with E-state index in [1.165, 1.54) is 31.5 Å². The van der Waals surface area contributed by atoms with Crippen molar-refractivity contribution in [2.45, 2.75) is 57.0 Å². The molecule has 11 heteroatoms. The molecular formula is C31H30ClF2N3O5. The number of fused-ring (bicyclic) bond motifs is 2. The van der Waals surface area contributed by atoms with E-state index in [9.17, 15) is 14.3 Å². The number of pyridine rings is 1. The number of benzene rings is 2. The molecule has 0 saturated heterocycles. The van der Waals surface area contributed by atoms with E-state index in [4.69, 9.17) is 25.8 Å². The van der Waals surface area contributed by atoms with Crippen LogP contribution in [0.2, 0.25) is 5.02 Å². The summed E-state index contributed by atoms with van der Waals surface area (Å²) in [7, 11) is 1.47. The summed E-state index contributed by atoms with van der Waals surface area (Å²) in [5.41, 5.74) is -0.882. The van der Waals surface area contributed by atoms with Crippen LogP contribution >= 0.6 is 11.6 Å². The van der Waals surface area contributed by atoms with Gasteiger partial charge in [-0.3, -0.25) is 4.98 Å². The first-order valence-corrected chi connectivity index (χ1v) is 14.2. The topological polar surface area (TPSA) is 104 Å². The van der Waals surface area contributed by atoms with Crippen molar-refractivity contribution in [3.8, 4) is 23.0 Å². The van der Waals surface area contributed by atoms with Crippen LogP contribution in [0.15, 0.2) is 30.5 Å². The molecule has 2 aliphatic carbocycles. The molecule has 42 heavy (non-hydrogen) atoms. The van der Waals surface area contributed by atoms with Crippen LogP contribution in [0.4, 0.5) is 8.78 Å². The molecule has 0 radical (unpaired) electrons. The first kappa shape index (κ1) is 28.6. The van der Waals surface area contributed by atoms with Gasteiger partial charge in [0.15, 0.2) is 12.6 Å². The maximum atomic E-state index is 16.6. The van der Waals surface area contributed by atoms with Gasteiger partial charge in [-0.1, -0.05) is 17.7 Å². The van der Waals surface area contributed by atoms with Crippen LogP contribution in [0.3, 0.4) is 0 Å². The summed E-state index contributed by atoms with van der Waals surface area (Å²) in [4.78, 5) is 25.1. The number of aliphatic hydroxyl groups is 1. The Morgan fingerprint density at radius 3 is 2.69 bits per heavy atom. The molecule has 2 aliphatic rings. The highest BCUT2D eigenvalue weighted by molar-refractivity contribution is 6.37. The van der Waals surface area contributed by atoms with E-state index < -0.39 is 22.7 Å². The normalized spacial score (nSPS) is 21.4. The average Bonchev–Trinajstić information content (AvgIpc) is 3.76. The number of halogens is 3. The van der Waals surface area contributed by atoms with E-state index in [0.717, 1.165) is 19.1 Å².